The summed E-state index contributed by atoms with van der Waals surface area (Å²) in [5, 5.41) is 0. The Morgan fingerprint density at radius 2 is 2.24 bits per heavy atom. The Kier molecular flexibility index (Phi) is 4.76. The molecule has 17 heavy (non-hydrogen) atoms. The molecule has 0 N–H and O–H groups in total. The summed E-state index contributed by atoms with van der Waals surface area (Å²) in [5.74, 6) is 1.05. The second-order valence-electron chi connectivity index (χ2n) is 3.82. The summed E-state index contributed by atoms with van der Waals surface area (Å²) in [7, 11) is 1.54. The van der Waals surface area contributed by atoms with Gasteiger partial charge in [-0.05, 0) is 26.3 Å². The van der Waals surface area contributed by atoms with Crippen LogP contribution < -0.4 is 10.4 Å². The molecule has 0 aliphatic heterocycles. The smallest absolute Gasteiger partial charge is 0.342 e. The molecule has 0 fully saturated rings. The van der Waals surface area contributed by atoms with Crippen molar-refractivity contribution in [2.24, 2.45) is 0 Å². The maximum atomic E-state index is 11.5. The van der Waals surface area contributed by atoms with E-state index < -0.39 is 0 Å². The predicted molar refractivity (Wildman–Crippen MR) is 69.3 cm³/mol. The summed E-state index contributed by atoms with van der Waals surface area (Å²) in [6, 6.07) is 1.71. The fourth-order valence-electron chi connectivity index (χ4n) is 1.45. The lowest BCUT2D eigenvalue weighted by atomic mass is 10.2. The van der Waals surface area contributed by atoms with Gasteiger partial charge in [0.05, 0.1) is 12.7 Å². The molecule has 0 saturated carbocycles. The van der Waals surface area contributed by atoms with Gasteiger partial charge in [-0.1, -0.05) is 24.6 Å². The Bertz CT molecular complexity index is 493. The second-order valence-corrected chi connectivity index (χ2v) is 3.82. The Morgan fingerprint density at radius 1 is 1.53 bits per heavy atom. The standard InChI is InChI=1S/C14H18O3/c1-5-6-10(2)7-8-12-9-13(16-4)11(3)14(15)17-12/h6-9H,5H2,1-4H3/b8-7+,10-6+. The Hall–Kier alpha value is -1.77. The number of hydrogen-bond acceptors (Lipinski definition) is 3. The van der Waals surface area contributed by atoms with Crippen LogP contribution in [-0.2, 0) is 0 Å². The number of hydrogen-bond donors (Lipinski definition) is 0. The lowest BCUT2D eigenvalue weighted by Crippen LogP contribution is -2.05. The molecule has 0 saturated heterocycles. The zero-order valence-corrected chi connectivity index (χ0v) is 10.7. The number of rotatable bonds is 4. The van der Waals surface area contributed by atoms with Crippen LogP contribution in [0.1, 0.15) is 31.6 Å². The number of ether oxygens (including phenoxy) is 1. The molecule has 0 atom stereocenters. The van der Waals surface area contributed by atoms with Gasteiger partial charge < -0.3 is 9.15 Å². The van der Waals surface area contributed by atoms with Crippen molar-refractivity contribution >= 4 is 6.08 Å². The quantitative estimate of drug-likeness (QED) is 0.750. The molecule has 3 nitrogen and oxygen atoms in total. The van der Waals surface area contributed by atoms with Crippen molar-refractivity contribution in [3.8, 4) is 5.75 Å². The van der Waals surface area contributed by atoms with Gasteiger partial charge in [-0.3, -0.25) is 0 Å². The fourth-order valence-corrected chi connectivity index (χ4v) is 1.45. The molecule has 0 radical (unpaired) electrons. The summed E-state index contributed by atoms with van der Waals surface area (Å²) in [5.41, 5.74) is 1.27. The van der Waals surface area contributed by atoms with Gasteiger partial charge in [0, 0.05) is 6.07 Å². The van der Waals surface area contributed by atoms with Gasteiger partial charge in [0.2, 0.25) is 0 Å². The van der Waals surface area contributed by atoms with Gasteiger partial charge in [-0.2, -0.15) is 0 Å². The SMILES string of the molecule is CC/C=C(C)/C=C/c1cc(OC)c(C)c(=O)o1. The van der Waals surface area contributed by atoms with E-state index in [-0.39, 0.29) is 5.63 Å². The van der Waals surface area contributed by atoms with Crippen LogP contribution >= 0.6 is 0 Å². The van der Waals surface area contributed by atoms with Crippen molar-refractivity contribution < 1.29 is 9.15 Å². The molecule has 3 heteroatoms. The summed E-state index contributed by atoms with van der Waals surface area (Å²) in [6.07, 6.45) is 6.76. The third kappa shape index (κ3) is 3.63. The summed E-state index contributed by atoms with van der Waals surface area (Å²) in [6.45, 7) is 5.76. The molecular formula is C14H18O3. The molecule has 1 rings (SSSR count). The van der Waals surface area contributed by atoms with E-state index >= 15 is 0 Å². The van der Waals surface area contributed by atoms with Crippen LogP contribution in [0.4, 0.5) is 0 Å². The van der Waals surface area contributed by atoms with Gasteiger partial charge in [-0.25, -0.2) is 4.79 Å². The van der Waals surface area contributed by atoms with E-state index in [0.29, 0.717) is 17.1 Å². The van der Waals surface area contributed by atoms with Gasteiger partial charge >= 0.3 is 5.63 Å². The van der Waals surface area contributed by atoms with Crippen molar-refractivity contribution in [1.82, 2.24) is 0 Å². The third-order valence-corrected chi connectivity index (χ3v) is 2.42. The van der Waals surface area contributed by atoms with Crippen molar-refractivity contribution in [3.63, 3.8) is 0 Å². The topological polar surface area (TPSA) is 39.4 Å². The lowest BCUT2D eigenvalue weighted by Gasteiger charge is -2.03. The lowest BCUT2D eigenvalue weighted by molar-refractivity contribution is 0.395. The van der Waals surface area contributed by atoms with E-state index in [4.69, 9.17) is 9.15 Å². The normalized spacial score (nSPS) is 12.1. The summed E-state index contributed by atoms with van der Waals surface area (Å²) >= 11 is 0. The Morgan fingerprint density at radius 3 is 2.82 bits per heavy atom. The highest BCUT2D eigenvalue weighted by molar-refractivity contribution is 5.50. The van der Waals surface area contributed by atoms with Gasteiger partial charge in [0.1, 0.15) is 11.5 Å². The number of allylic oxidation sites excluding steroid dienone is 3. The first-order valence-electron chi connectivity index (χ1n) is 5.62. The first-order valence-corrected chi connectivity index (χ1v) is 5.62. The highest BCUT2D eigenvalue weighted by Gasteiger charge is 2.05. The zero-order valence-electron chi connectivity index (χ0n) is 10.7. The summed E-state index contributed by atoms with van der Waals surface area (Å²) < 4.78 is 10.2. The minimum atomic E-state index is -0.360. The van der Waals surface area contributed by atoms with Crippen LogP contribution in [-0.4, -0.2) is 7.11 Å². The van der Waals surface area contributed by atoms with E-state index in [1.807, 2.05) is 13.0 Å². The Labute approximate surface area is 101 Å². The Balaban J connectivity index is 3.05. The van der Waals surface area contributed by atoms with Gasteiger partial charge in [0.25, 0.3) is 0 Å². The van der Waals surface area contributed by atoms with E-state index in [2.05, 4.69) is 13.0 Å². The predicted octanol–water partition coefficient (Wildman–Crippen LogP) is 3.33. The molecule has 0 bridgehead atoms. The van der Waals surface area contributed by atoms with Crippen LogP contribution in [0.5, 0.6) is 5.75 Å². The molecule has 0 spiro atoms. The molecule has 1 aromatic heterocycles. The van der Waals surface area contributed by atoms with E-state index in [9.17, 15) is 4.79 Å². The van der Waals surface area contributed by atoms with Crippen molar-refractivity contribution in [3.05, 3.63) is 45.5 Å². The maximum Gasteiger partial charge on any atom is 0.342 e. The fraction of sp³-hybridized carbons (Fsp3) is 0.357. The molecule has 1 aromatic rings. The van der Waals surface area contributed by atoms with Crippen LogP contribution in [0.2, 0.25) is 0 Å². The van der Waals surface area contributed by atoms with Crippen LogP contribution in [0.15, 0.2) is 33.0 Å². The minimum Gasteiger partial charge on any atom is -0.496 e. The first-order chi connectivity index (χ1) is 8.08. The molecule has 1 heterocycles. The van der Waals surface area contributed by atoms with Crippen molar-refractivity contribution in [1.29, 1.82) is 0 Å². The molecule has 0 amide bonds. The largest absolute Gasteiger partial charge is 0.496 e. The van der Waals surface area contributed by atoms with E-state index in [1.54, 1.807) is 19.1 Å². The molecule has 0 aliphatic carbocycles. The van der Waals surface area contributed by atoms with Crippen LogP contribution in [0, 0.1) is 6.92 Å². The van der Waals surface area contributed by atoms with Crippen molar-refractivity contribution in [2.45, 2.75) is 27.2 Å². The van der Waals surface area contributed by atoms with Gasteiger partial charge in [0.15, 0.2) is 0 Å². The molecule has 0 unspecified atom stereocenters. The van der Waals surface area contributed by atoms with Gasteiger partial charge in [-0.15, -0.1) is 0 Å². The zero-order chi connectivity index (χ0) is 12.8. The van der Waals surface area contributed by atoms with Crippen LogP contribution in [0.3, 0.4) is 0 Å². The van der Waals surface area contributed by atoms with E-state index in [1.165, 1.54) is 7.11 Å². The average molecular weight is 234 g/mol. The third-order valence-electron chi connectivity index (χ3n) is 2.42. The average Bonchev–Trinajstić information content (AvgIpc) is 2.31. The first kappa shape index (κ1) is 13.3. The van der Waals surface area contributed by atoms with Crippen LogP contribution in [0.25, 0.3) is 6.08 Å². The molecule has 0 aromatic carbocycles. The molecule has 92 valence electrons. The van der Waals surface area contributed by atoms with Crippen molar-refractivity contribution in [2.75, 3.05) is 7.11 Å². The summed E-state index contributed by atoms with van der Waals surface area (Å²) in [4.78, 5) is 11.5. The monoisotopic (exact) mass is 234 g/mol. The molecular weight excluding hydrogens is 216 g/mol. The second kappa shape index (κ2) is 6.09. The van der Waals surface area contributed by atoms with E-state index in [0.717, 1.165) is 12.0 Å². The molecule has 0 aliphatic rings. The highest BCUT2D eigenvalue weighted by atomic mass is 16.5. The minimum absolute atomic E-state index is 0.360. The maximum absolute atomic E-state index is 11.5. The highest BCUT2D eigenvalue weighted by Crippen LogP contribution is 2.16. The number of methoxy groups -OCH3 is 1.